The number of rotatable bonds is 6. The zero-order chi connectivity index (χ0) is 13.7. The Balaban J connectivity index is 2.03. The maximum atomic E-state index is 13.5. The molecular formula is C13H16FN3OS. The van der Waals surface area contributed by atoms with Crippen molar-refractivity contribution in [1.82, 2.24) is 10.1 Å². The summed E-state index contributed by atoms with van der Waals surface area (Å²) in [5, 5.41) is 3.84. The molecule has 2 aromatic rings. The molecule has 102 valence electrons. The second-order valence-corrected chi connectivity index (χ2v) is 5.19. The van der Waals surface area contributed by atoms with Gasteiger partial charge in [0.1, 0.15) is 5.82 Å². The molecule has 19 heavy (non-hydrogen) atoms. The van der Waals surface area contributed by atoms with Crippen molar-refractivity contribution >= 4 is 11.8 Å². The van der Waals surface area contributed by atoms with E-state index in [9.17, 15) is 4.39 Å². The van der Waals surface area contributed by atoms with Crippen LogP contribution in [-0.4, -0.2) is 22.1 Å². The molecule has 2 N–H and O–H groups in total. The van der Waals surface area contributed by atoms with E-state index in [1.54, 1.807) is 30.0 Å². The highest BCUT2D eigenvalue weighted by atomic mass is 32.2. The Kier molecular flexibility index (Phi) is 4.93. The fraction of sp³-hybridized carbons (Fsp3) is 0.385. The fourth-order valence-electron chi connectivity index (χ4n) is 1.67. The summed E-state index contributed by atoms with van der Waals surface area (Å²) in [4.78, 5) is 4.22. The molecule has 0 unspecified atom stereocenters. The maximum absolute atomic E-state index is 13.5. The van der Waals surface area contributed by atoms with E-state index in [0.717, 1.165) is 12.2 Å². The summed E-state index contributed by atoms with van der Waals surface area (Å²) in [6.45, 7) is 0. The van der Waals surface area contributed by atoms with Gasteiger partial charge in [0, 0.05) is 6.42 Å². The van der Waals surface area contributed by atoms with Gasteiger partial charge < -0.3 is 10.3 Å². The van der Waals surface area contributed by atoms with Crippen LogP contribution < -0.4 is 5.73 Å². The van der Waals surface area contributed by atoms with E-state index in [0.29, 0.717) is 23.7 Å². The van der Waals surface area contributed by atoms with Gasteiger partial charge in [0.15, 0.2) is 5.82 Å². The number of nitrogens with two attached hydrogens (primary N) is 1. The van der Waals surface area contributed by atoms with Crippen molar-refractivity contribution in [3.8, 4) is 0 Å². The Hall–Kier alpha value is -1.40. The molecule has 0 amide bonds. The van der Waals surface area contributed by atoms with E-state index >= 15 is 0 Å². The first kappa shape index (κ1) is 14.0. The van der Waals surface area contributed by atoms with E-state index in [2.05, 4.69) is 10.1 Å². The molecule has 1 aromatic heterocycles. The van der Waals surface area contributed by atoms with Crippen molar-refractivity contribution in [3.05, 3.63) is 47.4 Å². The third-order valence-electron chi connectivity index (χ3n) is 2.74. The van der Waals surface area contributed by atoms with Gasteiger partial charge in [0.25, 0.3) is 0 Å². The summed E-state index contributed by atoms with van der Waals surface area (Å²) in [7, 11) is 0. The van der Waals surface area contributed by atoms with Gasteiger partial charge in [-0.15, -0.1) is 0 Å². The zero-order valence-electron chi connectivity index (χ0n) is 10.7. The van der Waals surface area contributed by atoms with Crippen LogP contribution in [0.3, 0.4) is 0 Å². The number of halogens is 1. The molecule has 4 nitrogen and oxygen atoms in total. The average Bonchev–Trinajstić information content (AvgIpc) is 2.87. The van der Waals surface area contributed by atoms with E-state index in [1.165, 1.54) is 6.07 Å². The lowest BCUT2D eigenvalue weighted by Gasteiger charge is -2.03. The topological polar surface area (TPSA) is 64.9 Å². The number of hydrogen-bond acceptors (Lipinski definition) is 5. The minimum absolute atomic E-state index is 0.255. The van der Waals surface area contributed by atoms with Gasteiger partial charge in [-0.05, 0) is 30.1 Å². The summed E-state index contributed by atoms with van der Waals surface area (Å²) >= 11 is 1.72. The molecule has 1 aromatic carbocycles. The van der Waals surface area contributed by atoms with Crippen molar-refractivity contribution in [1.29, 1.82) is 0 Å². The molecule has 0 saturated carbocycles. The lowest BCUT2D eigenvalue weighted by atomic mass is 10.1. The molecular weight excluding hydrogens is 265 g/mol. The smallest absolute Gasteiger partial charge is 0.243 e. The molecule has 0 radical (unpaired) electrons. The van der Waals surface area contributed by atoms with Gasteiger partial charge in [-0.3, -0.25) is 0 Å². The minimum atomic E-state index is -0.263. The Labute approximate surface area is 115 Å². The number of hydrogen-bond donors (Lipinski definition) is 1. The quantitative estimate of drug-likeness (QED) is 0.881. The van der Waals surface area contributed by atoms with Gasteiger partial charge >= 0.3 is 0 Å². The van der Waals surface area contributed by atoms with Crippen LogP contribution in [0.2, 0.25) is 0 Å². The lowest BCUT2D eigenvalue weighted by Crippen LogP contribution is -2.11. The molecule has 0 saturated heterocycles. The molecule has 0 fully saturated rings. The molecule has 6 heteroatoms. The van der Waals surface area contributed by atoms with Crippen molar-refractivity contribution in [2.75, 3.05) is 12.0 Å². The Morgan fingerprint density at radius 1 is 1.42 bits per heavy atom. The highest BCUT2D eigenvalue weighted by molar-refractivity contribution is 7.98. The fourth-order valence-corrected chi connectivity index (χ4v) is 2.16. The molecule has 0 aliphatic heterocycles. The molecule has 0 bridgehead atoms. The van der Waals surface area contributed by atoms with Crippen molar-refractivity contribution in [2.45, 2.75) is 18.9 Å². The summed E-state index contributed by atoms with van der Waals surface area (Å²) < 4.78 is 18.6. The van der Waals surface area contributed by atoms with Gasteiger partial charge in [-0.2, -0.15) is 16.7 Å². The Bertz CT molecular complexity index is 532. The van der Waals surface area contributed by atoms with Crippen molar-refractivity contribution in [2.24, 2.45) is 5.73 Å². The van der Waals surface area contributed by atoms with Gasteiger partial charge in [0.2, 0.25) is 5.89 Å². The van der Waals surface area contributed by atoms with Crippen LogP contribution in [0.1, 0.15) is 29.7 Å². The molecule has 2 rings (SSSR count). The van der Waals surface area contributed by atoms with Gasteiger partial charge in [0.05, 0.1) is 6.04 Å². The predicted molar refractivity (Wildman–Crippen MR) is 73.4 cm³/mol. The molecule has 1 atom stereocenters. The predicted octanol–water partition coefficient (Wildman–Crippen LogP) is 2.55. The lowest BCUT2D eigenvalue weighted by molar-refractivity contribution is 0.349. The molecule has 1 heterocycles. The van der Waals surface area contributed by atoms with Crippen LogP contribution in [0.25, 0.3) is 0 Å². The summed E-state index contributed by atoms with van der Waals surface area (Å²) in [5.74, 6) is 1.55. The van der Waals surface area contributed by atoms with Gasteiger partial charge in [-0.1, -0.05) is 23.4 Å². The first-order valence-corrected chi connectivity index (χ1v) is 7.40. The SMILES string of the molecule is CSCC[C@H](N)c1nc(Cc2ccccc2F)no1. The van der Waals surface area contributed by atoms with Crippen molar-refractivity contribution < 1.29 is 8.91 Å². The Morgan fingerprint density at radius 3 is 2.95 bits per heavy atom. The monoisotopic (exact) mass is 281 g/mol. The number of benzene rings is 1. The largest absolute Gasteiger partial charge is 0.338 e. The van der Waals surface area contributed by atoms with Crippen LogP contribution in [0.5, 0.6) is 0 Å². The normalized spacial score (nSPS) is 12.6. The maximum Gasteiger partial charge on any atom is 0.243 e. The minimum Gasteiger partial charge on any atom is -0.338 e. The number of nitrogens with zero attached hydrogens (tertiary/aromatic N) is 2. The second kappa shape index (κ2) is 6.68. The summed E-state index contributed by atoms with van der Waals surface area (Å²) in [5.41, 5.74) is 6.48. The highest BCUT2D eigenvalue weighted by Crippen LogP contribution is 2.16. The second-order valence-electron chi connectivity index (χ2n) is 4.20. The van der Waals surface area contributed by atoms with E-state index < -0.39 is 0 Å². The summed E-state index contributed by atoms with van der Waals surface area (Å²) in [6.07, 6.45) is 3.11. The number of aromatic nitrogens is 2. The van der Waals surface area contributed by atoms with Crippen molar-refractivity contribution in [3.63, 3.8) is 0 Å². The average molecular weight is 281 g/mol. The molecule has 0 aliphatic rings. The molecule has 0 aliphatic carbocycles. The van der Waals surface area contributed by atoms with Gasteiger partial charge in [-0.25, -0.2) is 4.39 Å². The van der Waals surface area contributed by atoms with Crippen LogP contribution in [0.15, 0.2) is 28.8 Å². The zero-order valence-corrected chi connectivity index (χ0v) is 11.5. The first-order valence-electron chi connectivity index (χ1n) is 6.01. The van der Waals surface area contributed by atoms with E-state index in [4.69, 9.17) is 10.3 Å². The summed E-state index contributed by atoms with van der Waals surface area (Å²) in [6, 6.07) is 6.30. The highest BCUT2D eigenvalue weighted by Gasteiger charge is 2.15. The first-order chi connectivity index (χ1) is 9.20. The van der Waals surface area contributed by atoms with Crippen LogP contribution in [0, 0.1) is 5.82 Å². The van der Waals surface area contributed by atoms with Crippen LogP contribution in [-0.2, 0) is 6.42 Å². The third kappa shape index (κ3) is 3.78. The molecule has 0 spiro atoms. The van der Waals surface area contributed by atoms with E-state index in [-0.39, 0.29) is 11.9 Å². The standard InChI is InChI=1S/C13H16FN3OS/c1-19-7-6-11(15)13-16-12(17-18-13)8-9-4-2-3-5-10(9)14/h2-5,11H,6-8,15H2,1H3/t11-/m0/s1. The van der Waals surface area contributed by atoms with Crippen LogP contribution >= 0.6 is 11.8 Å². The Morgan fingerprint density at radius 2 is 2.21 bits per heavy atom. The van der Waals surface area contributed by atoms with Crippen LogP contribution in [0.4, 0.5) is 4.39 Å². The number of thioether (sulfide) groups is 1. The third-order valence-corrected chi connectivity index (χ3v) is 3.38. The van der Waals surface area contributed by atoms with E-state index in [1.807, 2.05) is 6.26 Å².